The first-order valence-electron chi connectivity index (χ1n) is 11.1. The number of carboxylic acid groups (broad SMARTS) is 1. The average Bonchev–Trinajstić information content (AvgIpc) is 3.22. The molecular weight excluding hydrogens is 448 g/mol. The lowest BCUT2D eigenvalue weighted by molar-refractivity contribution is -0.137. The Morgan fingerprint density at radius 2 is 2.00 bits per heavy atom. The lowest BCUT2D eigenvalue weighted by atomic mass is 9.89. The monoisotopic (exact) mass is 478 g/mol. The number of carbonyl (C=O) groups is 1. The van der Waals surface area contributed by atoms with Crippen LogP contribution in [0.5, 0.6) is 0 Å². The number of fused-ring (bicyclic) bond motifs is 1. The highest BCUT2D eigenvalue weighted by molar-refractivity contribution is 7.19. The van der Waals surface area contributed by atoms with Crippen molar-refractivity contribution in [2.75, 3.05) is 0 Å². The second-order valence-electron chi connectivity index (χ2n) is 8.43. The van der Waals surface area contributed by atoms with E-state index in [-0.39, 0.29) is 18.3 Å². The number of allylic oxidation sites excluding steroid dienone is 2. The Morgan fingerprint density at radius 1 is 1.22 bits per heavy atom. The molecular formula is C25H31ClO5S. The Labute approximate surface area is 197 Å². The molecule has 4 N–H and O–H groups in total. The standard InChI is InChI=1S/C25H31ClO5S/c26-25-19-8-5-6-9-22(19)32-23(25)14-12-16(27)11-13-18-17(20(28)15-21(18)29)7-3-1-2-4-10-24(30)31/h1,3,5-6,8-9,11,13,16-18,20-21,27-29H,2,4,7,10,12,14-15H2,(H,30,31)/t16?,17-,18?,20?,21?/m1/s1. The maximum Gasteiger partial charge on any atom is 0.303 e. The fourth-order valence-corrected chi connectivity index (χ4v) is 5.85. The quantitative estimate of drug-likeness (QED) is 0.270. The van der Waals surface area contributed by atoms with Crippen molar-refractivity contribution in [2.24, 2.45) is 11.8 Å². The fourth-order valence-electron chi connectivity index (χ4n) is 4.31. The van der Waals surface area contributed by atoms with E-state index < -0.39 is 24.3 Å². The molecule has 1 aliphatic carbocycles. The molecule has 32 heavy (non-hydrogen) atoms. The third-order valence-corrected chi connectivity index (χ3v) is 7.85. The molecule has 4 unspecified atom stereocenters. The smallest absolute Gasteiger partial charge is 0.303 e. The number of hydrogen-bond acceptors (Lipinski definition) is 5. The van der Waals surface area contributed by atoms with Crippen LogP contribution in [0.2, 0.25) is 5.02 Å². The molecule has 0 amide bonds. The lowest BCUT2D eigenvalue weighted by Crippen LogP contribution is -2.20. The van der Waals surface area contributed by atoms with Gasteiger partial charge in [0.1, 0.15) is 0 Å². The molecule has 174 valence electrons. The number of aliphatic carboxylic acids is 1. The number of unbranched alkanes of at least 4 members (excludes halogenated alkanes) is 1. The van der Waals surface area contributed by atoms with Gasteiger partial charge in [-0.2, -0.15) is 0 Å². The normalized spacial score (nSPS) is 24.8. The summed E-state index contributed by atoms with van der Waals surface area (Å²) < 4.78 is 1.14. The molecule has 0 radical (unpaired) electrons. The Hall–Kier alpha value is -1.70. The molecule has 0 aliphatic heterocycles. The van der Waals surface area contributed by atoms with Crippen LogP contribution in [0.15, 0.2) is 48.6 Å². The first kappa shape index (κ1) is 24.9. The first-order valence-corrected chi connectivity index (χ1v) is 12.3. The van der Waals surface area contributed by atoms with Crippen LogP contribution in [0.25, 0.3) is 10.1 Å². The van der Waals surface area contributed by atoms with Crippen molar-refractivity contribution in [1.82, 2.24) is 0 Å². The summed E-state index contributed by atoms with van der Waals surface area (Å²) >= 11 is 8.13. The zero-order chi connectivity index (χ0) is 23.1. The van der Waals surface area contributed by atoms with Crippen LogP contribution in [0, 0.1) is 11.8 Å². The molecule has 7 heteroatoms. The van der Waals surface area contributed by atoms with Gasteiger partial charge in [-0.05, 0) is 44.1 Å². The molecule has 1 heterocycles. The zero-order valence-corrected chi connectivity index (χ0v) is 19.5. The summed E-state index contributed by atoms with van der Waals surface area (Å²) in [6.45, 7) is 0. The van der Waals surface area contributed by atoms with Gasteiger partial charge in [-0.1, -0.05) is 54.1 Å². The highest BCUT2D eigenvalue weighted by atomic mass is 35.5. The molecule has 1 aromatic carbocycles. The Morgan fingerprint density at radius 3 is 2.75 bits per heavy atom. The summed E-state index contributed by atoms with van der Waals surface area (Å²) in [5, 5.41) is 41.6. The first-order chi connectivity index (χ1) is 15.4. The van der Waals surface area contributed by atoms with Gasteiger partial charge in [-0.25, -0.2) is 0 Å². The van der Waals surface area contributed by atoms with E-state index in [4.69, 9.17) is 16.7 Å². The maximum absolute atomic E-state index is 10.6. The van der Waals surface area contributed by atoms with Crippen LogP contribution in [0.3, 0.4) is 0 Å². The number of carboxylic acids is 1. The van der Waals surface area contributed by atoms with Crippen LogP contribution in [0.1, 0.15) is 43.4 Å². The van der Waals surface area contributed by atoms with Gasteiger partial charge in [0.05, 0.1) is 23.3 Å². The van der Waals surface area contributed by atoms with E-state index >= 15 is 0 Å². The SMILES string of the molecule is O=C(O)CCCC=CC[C@H]1C(O)CC(O)C1C=CC(O)CCc1sc2ccccc2c1Cl. The lowest BCUT2D eigenvalue weighted by Gasteiger charge is -2.19. The predicted molar refractivity (Wildman–Crippen MR) is 129 cm³/mol. The highest BCUT2D eigenvalue weighted by Gasteiger charge is 2.39. The molecule has 3 rings (SSSR count). The van der Waals surface area contributed by atoms with Gasteiger partial charge in [0.15, 0.2) is 0 Å². The van der Waals surface area contributed by atoms with E-state index in [9.17, 15) is 20.1 Å². The summed E-state index contributed by atoms with van der Waals surface area (Å²) in [6.07, 6.45) is 9.07. The Kier molecular flexibility index (Phi) is 9.32. The second kappa shape index (κ2) is 12.0. The highest BCUT2D eigenvalue weighted by Crippen LogP contribution is 2.37. The summed E-state index contributed by atoms with van der Waals surface area (Å²) in [5.41, 5.74) is 0. The molecule has 0 bridgehead atoms. The van der Waals surface area contributed by atoms with E-state index in [0.717, 1.165) is 20.0 Å². The van der Waals surface area contributed by atoms with E-state index in [1.807, 2.05) is 42.5 Å². The van der Waals surface area contributed by atoms with Crippen LogP contribution < -0.4 is 0 Å². The number of benzene rings is 1. The summed E-state index contributed by atoms with van der Waals surface area (Å²) in [5.74, 6) is -1.15. The number of rotatable bonds is 11. The van der Waals surface area contributed by atoms with Gasteiger partial charge >= 0.3 is 5.97 Å². The number of aliphatic hydroxyl groups excluding tert-OH is 3. The van der Waals surface area contributed by atoms with Gasteiger partial charge in [-0.15, -0.1) is 11.3 Å². The second-order valence-corrected chi connectivity index (χ2v) is 9.95. The Balaban J connectivity index is 1.52. The average molecular weight is 479 g/mol. The van der Waals surface area contributed by atoms with E-state index in [2.05, 4.69) is 0 Å². The minimum atomic E-state index is -0.800. The number of aliphatic hydroxyl groups is 3. The molecule has 5 nitrogen and oxygen atoms in total. The molecule has 2 aromatic rings. The number of thiophene rings is 1. The number of halogens is 1. The van der Waals surface area contributed by atoms with Gasteiger partial charge in [0.2, 0.25) is 0 Å². The molecule has 1 aromatic heterocycles. The van der Waals surface area contributed by atoms with Crippen LogP contribution in [-0.4, -0.2) is 44.7 Å². The minimum Gasteiger partial charge on any atom is -0.481 e. The number of hydrogen-bond donors (Lipinski definition) is 4. The molecule has 5 atom stereocenters. The van der Waals surface area contributed by atoms with Gasteiger partial charge < -0.3 is 20.4 Å². The molecule has 1 saturated carbocycles. The molecule has 0 saturated heterocycles. The number of aryl methyl sites for hydroxylation is 1. The van der Waals surface area contributed by atoms with Crippen molar-refractivity contribution in [3.05, 3.63) is 58.5 Å². The molecule has 1 aliphatic rings. The zero-order valence-electron chi connectivity index (χ0n) is 17.9. The van der Waals surface area contributed by atoms with Crippen LogP contribution >= 0.6 is 22.9 Å². The maximum atomic E-state index is 10.6. The van der Waals surface area contributed by atoms with Gasteiger partial charge in [-0.3, -0.25) is 4.79 Å². The van der Waals surface area contributed by atoms with Crippen molar-refractivity contribution in [3.8, 4) is 0 Å². The third kappa shape index (κ3) is 6.65. The summed E-state index contributed by atoms with van der Waals surface area (Å²) in [4.78, 5) is 11.6. The largest absolute Gasteiger partial charge is 0.481 e. The van der Waals surface area contributed by atoms with Gasteiger partial charge in [0, 0.05) is 33.7 Å². The molecule has 1 fully saturated rings. The van der Waals surface area contributed by atoms with Crippen molar-refractivity contribution in [1.29, 1.82) is 0 Å². The predicted octanol–water partition coefficient (Wildman–Crippen LogP) is 4.96. The Bertz CT molecular complexity index is 953. The van der Waals surface area contributed by atoms with Gasteiger partial charge in [0.25, 0.3) is 0 Å². The molecule has 0 spiro atoms. The topological polar surface area (TPSA) is 98.0 Å². The van der Waals surface area contributed by atoms with E-state index in [1.165, 1.54) is 0 Å². The minimum absolute atomic E-state index is 0.124. The van der Waals surface area contributed by atoms with Crippen molar-refractivity contribution < 1.29 is 25.2 Å². The van der Waals surface area contributed by atoms with E-state index in [1.54, 1.807) is 17.4 Å². The van der Waals surface area contributed by atoms with Crippen LogP contribution in [-0.2, 0) is 11.2 Å². The van der Waals surface area contributed by atoms with Crippen molar-refractivity contribution >= 4 is 39.0 Å². The fraction of sp³-hybridized carbons (Fsp3) is 0.480. The summed E-state index contributed by atoms with van der Waals surface area (Å²) in [7, 11) is 0. The third-order valence-electron chi connectivity index (χ3n) is 6.08. The van der Waals surface area contributed by atoms with Crippen molar-refractivity contribution in [3.63, 3.8) is 0 Å². The van der Waals surface area contributed by atoms with E-state index in [0.29, 0.717) is 38.5 Å². The van der Waals surface area contributed by atoms with Crippen molar-refractivity contribution in [2.45, 2.75) is 63.3 Å². The van der Waals surface area contributed by atoms with Crippen LogP contribution in [0.4, 0.5) is 0 Å². The summed E-state index contributed by atoms with van der Waals surface area (Å²) in [6, 6.07) is 7.99.